The van der Waals surface area contributed by atoms with E-state index >= 15 is 0 Å². The standard InChI is InChI=1S/C7H13NOS/c1-7(2)5-8-6(9)3-4-10-7/h3-5H2,1-2H3,(H,8,9). The third kappa shape index (κ3) is 2.21. The lowest BCUT2D eigenvalue weighted by molar-refractivity contribution is -0.120. The molecule has 0 aromatic rings. The molecule has 0 radical (unpaired) electrons. The molecule has 1 N–H and O–H groups in total. The summed E-state index contributed by atoms with van der Waals surface area (Å²) in [5.41, 5.74) is 0. The van der Waals surface area contributed by atoms with Crippen LogP contribution in [0.1, 0.15) is 20.3 Å². The molecule has 0 bridgehead atoms. The Balaban J connectivity index is 2.48. The molecular weight excluding hydrogens is 146 g/mol. The molecule has 1 fully saturated rings. The summed E-state index contributed by atoms with van der Waals surface area (Å²) >= 11 is 1.86. The van der Waals surface area contributed by atoms with Crippen molar-refractivity contribution in [3.8, 4) is 0 Å². The van der Waals surface area contributed by atoms with Crippen LogP contribution in [0.5, 0.6) is 0 Å². The van der Waals surface area contributed by atoms with Crippen LogP contribution in [-0.2, 0) is 4.79 Å². The first-order valence-corrected chi connectivity index (χ1v) is 4.49. The quantitative estimate of drug-likeness (QED) is 0.571. The normalized spacial score (nSPS) is 25.2. The molecule has 0 saturated carbocycles. The van der Waals surface area contributed by atoms with Gasteiger partial charge < -0.3 is 5.32 Å². The highest BCUT2D eigenvalue weighted by atomic mass is 32.2. The zero-order valence-electron chi connectivity index (χ0n) is 6.44. The van der Waals surface area contributed by atoms with Crippen LogP contribution in [0.2, 0.25) is 0 Å². The molecule has 0 unspecified atom stereocenters. The van der Waals surface area contributed by atoms with Gasteiger partial charge in [0.15, 0.2) is 0 Å². The molecule has 1 saturated heterocycles. The van der Waals surface area contributed by atoms with Crippen LogP contribution in [0.25, 0.3) is 0 Å². The minimum atomic E-state index is 0.193. The summed E-state index contributed by atoms with van der Waals surface area (Å²) in [7, 11) is 0. The van der Waals surface area contributed by atoms with Crippen molar-refractivity contribution >= 4 is 17.7 Å². The van der Waals surface area contributed by atoms with Crippen molar-refractivity contribution < 1.29 is 4.79 Å². The second kappa shape index (κ2) is 2.82. The van der Waals surface area contributed by atoms with Gasteiger partial charge in [-0.2, -0.15) is 11.8 Å². The van der Waals surface area contributed by atoms with Gasteiger partial charge >= 0.3 is 0 Å². The highest BCUT2D eigenvalue weighted by molar-refractivity contribution is 8.00. The average Bonchev–Trinajstić information content (AvgIpc) is 1.94. The molecule has 1 rings (SSSR count). The molecule has 0 spiro atoms. The molecule has 10 heavy (non-hydrogen) atoms. The van der Waals surface area contributed by atoms with Crippen LogP contribution in [0.4, 0.5) is 0 Å². The lowest BCUT2D eigenvalue weighted by atomic mass is 10.2. The van der Waals surface area contributed by atoms with E-state index in [0.29, 0.717) is 6.42 Å². The molecule has 58 valence electrons. The maximum atomic E-state index is 10.8. The Bertz CT molecular complexity index is 145. The van der Waals surface area contributed by atoms with E-state index in [2.05, 4.69) is 19.2 Å². The minimum Gasteiger partial charge on any atom is -0.355 e. The fraction of sp³-hybridized carbons (Fsp3) is 0.857. The molecule has 1 amide bonds. The summed E-state index contributed by atoms with van der Waals surface area (Å²) in [5.74, 6) is 1.15. The summed E-state index contributed by atoms with van der Waals surface area (Å²) in [6.45, 7) is 5.11. The fourth-order valence-electron chi connectivity index (χ4n) is 0.871. The molecule has 0 aromatic heterocycles. The predicted octanol–water partition coefficient (Wildman–Crippen LogP) is 1.02. The van der Waals surface area contributed by atoms with Crippen molar-refractivity contribution in [2.45, 2.75) is 25.0 Å². The third-order valence-corrected chi connectivity index (χ3v) is 2.87. The van der Waals surface area contributed by atoms with Crippen LogP contribution in [0.3, 0.4) is 0 Å². The summed E-state index contributed by atoms with van der Waals surface area (Å²) in [6.07, 6.45) is 0.675. The van der Waals surface area contributed by atoms with Gasteiger partial charge in [0.1, 0.15) is 0 Å². The smallest absolute Gasteiger partial charge is 0.220 e. The number of carbonyl (C=O) groups excluding carboxylic acids is 1. The van der Waals surface area contributed by atoms with Crippen molar-refractivity contribution in [2.75, 3.05) is 12.3 Å². The van der Waals surface area contributed by atoms with Crippen molar-refractivity contribution in [2.24, 2.45) is 0 Å². The van der Waals surface area contributed by atoms with E-state index in [9.17, 15) is 4.79 Å². The molecular formula is C7H13NOS. The Labute approximate surface area is 65.8 Å². The molecule has 0 atom stereocenters. The maximum Gasteiger partial charge on any atom is 0.220 e. The molecule has 1 heterocycles. The van der Waals surface area contributed by atoms with Gasteiger partial charge in [-0.25, -0.2) is 0 Å². The molecule has 2 nitrogen and oxygen atoms in total. The van der Waals surface area contributed by atoms with Crippen molar-refractivity contribution in [1.29, 1.82) is 0 Å². The molecule has 1 aliphatic heterocycles. The van der Waals surface area contributed by atoms with E-state index in [1.807, 2.05) is 11.8 Å². The number of carbonyl (C=O) groups is 1. The van der Waals surface area contributed by atoms with Crippen LogP contribution < -0.4 is 5.32 Å². The first kappa shape index (κ1) is 7.92. The number of rotatable bonds is 0. The van der Waals surface area contributed by atoms with Gasteiger partial charge in [-0.05, 0) is 13.8 Å². The van der Waals surface area contributed by atoms with Gasteiger partial charge in [0.2, 0.25) is 5.91 Å². The number of hydrogen-bond donors (Lipinski definition) is 1. The van der Waals surface area contributed by atoms with Gasteiger partial charge in [-0.3, -0.25) is 4.79 Å². The third-order valence-electron chi connectivity index (χ3n) is 1.53. The summed E-state index contributed by atoms with van der Waals surface area (Å²) in [4.78, 5) is 10.8. The highest BCUT2D eigenvalue weighted by Gasteiger charge is 2.22. The SMILES string of the molecule is CC1(C)CNC(=O)CCS1. The molecule has 3 heteroatoms. The lowest BCUT2D eigenvalue weighted by Crippen LogP contribution is -2.33. The first-order valence-electron chi connectivity index (χ1n) is 3.51. The largest absolute Gasteiger partial charge is 0.355 e. The fourth-order valence-corrected chi connectivity index (χ4v) is 1.89. The van der Waals surface area contributed by atoms with Gasteiger partial charge in [0.05, 0.1) is 0 Å². The Morgan fingerprint density at radius 2 is 2.30 bits per heavy atom. The number of nitrogens with one attached hydrogen (secondary N) is 1. The van der Waals surface area contributed by atoms with Crippen molar-refractivity contribution in [3.63, 3.8) is 0 Å². The maximum absolute atomic E-state index is 10.8. The Morgan fingerprint density at radius 3 is 3.00 bits per heavy atom. The minimum absolute atomic E-state index is 0.193. The second-order valence-corrected chi connectivity index (χ2v) is 4.94. The van der Waals surface area contributed by atoms with E-state index < -0.39 is 0 Å². The van der Waals surface area contributed by atoms with Crippen LogP contribution in [0, 0.1) is 0 Å². The van der Waals surface area contributed by atoms with Crippen LogP contribution in [-0.4, -0.2) is 23.0 Å². The zero-order valence-corrected chi connectivity index (χ0v) is 7.25. The first-order chi connectivity index (χ1) is 4.60. The van der Waals surface area contributed by atoms with Crippen LogP contribution >= 0.6 is 11.8 Å². The van der Waals surface area contributed by atoms with Crippen molar-refractivity contribution in [1.82, 2.24) is 5.32 Å². The highest BCUT2D eigenvalue weighted by Crippen LogP contribution is 2.25. The Kier molecular flexibility index (Phi) is 2.24. The average molecular weight is 159 g/mol. The van der Waals surface area contributed by atoms with Gasteiger partial charge in [0, 0.05) is 23.5 Å². The summed E-state index contributed by atoms with van der Waals surface area (Å²) in [5, 5.41) is 2.88. The predicted molar refractivity (Wildman–Crippen MR) is 44.2 cm³/mol. The molecule has 0 aromatic carbocycles. The Morgan fingerprint density at radius 1 is 1.60 bits per heavy atom. The lowest BCUT2D eigenvalue weighted by Gasteiger charge is -2.20. The monoisotopic (exact) mass is 159 g/mol. The second-order valence-electron chi connectivity index (χ2n) is 3.13. The number of thioether (sulfide) groups is 1. The van der Waals surface area contributed by atoms with E-state index in [-0.39, 0.29) is 10.7 Å². The van der Waals surface area contributed by atoms with E-state index in [0.717, 1.165) is 12.3 Å². The van der Waals surface area contributed by atoms with Crippen molar-refractivity contribution in [3.05, 3.63) is 0 Å². The van der Waals surface area contributed by atoms with Crippen LogP contribution in [0.15, 0.2) is 0 Å². The van der Waals surface area contributed by atoms with Gasteiger partial charge in [-0.1, -0.05) is 0 Å². The zero-order chi connectivity index (χ0) is 7.61. The number of amides is 1. The molecule has 0 aliphatic carbocycles. The summed E-state index contributed by atoms with van der Waals surface area (Å²) < 4.78 is 0.228. The Hall–Kier alpha value is -0.180. The van der Waals surface area contributed by atoms with Gasteiger partial charge in [0.25, 0.3) is 0 Å². The van der Waals surface area contributed by atoms with E-state index in [1.165, 1.54) is 0 Å². The summed E-state index contributed by atoms with van der Waals surface area (Å²) in [6, 6.07) is 0. The number of hydrogen-bond acceptors (Lipinski definition) is 2. The van der Waals surface area contributed by atoms with E-state index in [4.69, 9.17) is 0 Å². The van der Waals surface area contributed by atoms with E-state index in [1.54, 1.807) is 0 Å². The topological polar surface area (TPSA) is 29.1 Å². The van der Waals surface area contributed by atoms with Gasteiger partial charge in [-0.15, -0.1) is 0 Å². The molecule has 1 aliphatic rings.